The van der Waals surface area contributed by atoms with Gasteiger partial charge in [-0.1, -0.05) is 0 Å². The number of nitrogens with zero attached hydrogens (tertiary/aromatic N) is 1. The number of hydrazone groups is 1. The second-order valence-electron chi connectivity index (χ2n) is 7.10. The molecule has 0 atom stereocenters. The second-order valence-corrected chi connectivity index (χ2v) is 7.10. The molecule has 0 spiro atoms. The molecule has 7 nitrogen and oxygen atoms in total. The molecule has 158 valence electrons. The highest BCUT2D eigenvalue weighted by molar-refractivity contribution is 6.06. The number of hydrogen-bond donors (Lipinski definition) is 2. The Bertz CT molecular complexity index is 1160. The number of phenolic OH excluding ortho intramolecular Hbond substituents is 1. The normalized spacial score (nSPS) is 14.2. The van der Waals surface area contributed by atoms with Gasteiger partial charge in [0.05, 0.1) is 5.71 Å². The third-order valence-electron chi connectivity index (χ3n) is 4.96. The first-order valence-corrected chi connectivity index (χ1v) is 9.68. The van der Waals surface area contributed by atoms with Crippen LogP contribution in [0, 0.1) is 12.7 Å². The first kappa shape index (κ1) is 20.3. The topological polar surface area (TPSA) is 101 Å². The number of carbonyl (C=O) groups excluding carboxylic acids is 2. The summed E-state index contributed by atoms with van der Waals surface area (Å²) in [7, 11) is 0. The Morgan fingerprint density at radius 3 is 2.52 bits per heavy atom. The van der Waals surface area contributed by atoms with Crippen LogP contribution in [0.25, 0.3) is 0 Å². The van der Waals surface area contributed by atoms with Crippen molar-refractivity contribution in [1.29, 1.82) is 0 Å². The van der Waals surface area contributed by atoms with Crippen LogP contribution in [-0.2, 0) is 6.42 Å². The highest BCUT2D eigenvalue weighted by Gasteiger charge is 2.29. The Labute approximate surface area is 177 Å². The van der Waals surface area contributed by atoms with Gasteiger partial charge in [0.15, 0.2) is 0 Å². The number of nitrogens with one attached hydrogen (secondary N) is 1. The van der Waals surface area contributed by atoms with Crippen LogP contribution < -0.4 is 10.2 Å². The number of amides is 1. The zero-order valence-corrected chi connectivity index (χ0v) is 16.6. The molecule has 1 aliphatic carbocycles. The Morgan fingerprint density at radius 2 is 1.81 bits per heavy atom. The summed E-state index contributed by atoms with van der Waals surface area (Å²) in [4.78, 5) is 24.9. The van der Waals surface area contributed by atoms with Gasteiger partial charge in [-0.25, -0.2) is 14.6 Å². The van der Waals surface area contributed by atoms with Gasteiger partial charge in [-0.3, -0.25) is 4.79 Å². The van der Waals surface area contributed by atoms with Gasteiger partial charge in [0.1, 0.15) is 23.1 Å². The number of aryl methyl sites for hydroxylation is 1. The summed E-state index contributed by atoms with van der Waals surface area (Å²) in [5.74, 6) is -0.618. The standard InChI is InChI=1S/C23H19FN2O5/c1-13-20-18(25-26-22(28)14-5-9-16(27)10-6-14)3-2-4-19(20)31-21(13)23(29)30-17-11-7-15(24)8-12-17/h5-12,27H,2-4H2,1H3,(H,26,28)/b25-18+. The molecular weight excluding hydrogens is 403 g/mol. The van der Waals surface area contributed by atoms with E-state index >= 15 is 0 Å². The number of furan rings is 1. The minimum atomic E-state index is -0.689. The second kappa shape index (κ2) is 8.43. The molecule has 8 heteroatoms. The summed E-state index contributed by atoms with van der Waals surface area (Å²) in [6.07, 6.45) is 1.99. The van der Waals surface area contributed by atoms with E-state index in [0.717, 1.165) is 6.42 Å². The van der Waals surface area contributed by atoms with Gasteiger partial charge >= 0.3 is 5.97 Å². The molecule has 0 aliphatic heterocycles. The number of benzene rings is 2. The molecule has 0 bridgehead atoms. The molecule has 2 N–H and O–H groups in total. The van der Waals surface area contributed by atoms with Crippen molar-refractivity contribution in [3.8, 4) is 11.5 Å². The van der Waals surface area contributed by atoms with Crippen molar-refractivity contribution >= 4 is 17.6 Å². The fourth-order valence-corrected chi connectivity index (χ4v) is 3.43. The SMILES string of the molecule is Cc1c(C(=O)Oc2ccc(F)cc2)oc2c1/C(=N/NC(=O)c1ccc(O)cc1)CCC2. The number of carbonyl (C=O) groups is 2. The number of rotatable bonds is 4. The van der Waals surface area contributed by atoms with Crippen LogP contribution in [0.3, 0.4) is 0 Å². The predicted molar refractivity (Wildman–Crippen MR) is 110 cm³/mol. The largest absolute Gasteiger partial charge is 0.508 e. The van der Waals surface area contributed by atoms with E-state index in [1.165, 1.54) is 48.5 Å². The van der Waals surface area contributed by atoms with Crippen LogP contribution >= 0.6 is 0 Å². The van der Waals surface area contributed by atoms with Crippen molar-refractivity contribution in [2.24, 2.45) is 5.10 Å². The first-order chi connectivity index (χ1) is 14.9. The van der Waals surface area contributed by atoms with Gasteiger partial charge in [-0.05, 0) is 68.3 Å². The molecule has 3 aromatic rings. The summed E-state index contributed by atoms with van der Waals surface area (Å²) < 4.78 is 24.1. The van der Waals surface area contributed by atoms with Crippen molar-refractivity contribution < 1.29 is 28.2 Å². The van der Waals surface area contributed by atoms with Crippen LogP contribution in [0.15, 0.2) is 58.0 Å². The van der Waals surface area contributed by atoms with Crippen LogP contribution in [-0.4, -0.2) is 22.7 Å². The number of fused-ring (bicyclic) bond motifs is 1. The van der Waals surface area contributed by atoms with Gasteiger partial charge < -0.3 is 14.3 Å². The Balaban J connectivity index is 1.55. The van der Waals surface area contributed by atoms with E-state index < -0.39 is 17.7 Å². The molecule has 0 saturated carbocycles. The number of hydrogen-bond acceptors (Lipinski definition) is 6. The minimum absolute atomic E-state index is 0.0498. The fraction of sp³-hybridized carbons (Fsp3) is 0.174. The molecule has 1 amide bonds. The maximum atomic E-state index is 13.1. The van der Waals surface area contributed by atoms with E-state index in [1.807, 2.05) is 0 Å². The monoisotopic (exact) mass is 422 g/mol. The lowest BCUT2D eigenvalue weighted by atomic mass is 9.93. The Kier molecular flexibility index (Phi) is 5.53. The molecule has 1 aliphatic rings. The van der Waals surface area contributed by atoms with E-state index in [-0.39, 0.29) is 17.3 Å². The van der Waals surface area contributed by atoms with Gasteiger partial charge in [0.25, 0.3) is 5.91 Å². The summed E-state index contributed by atoms with van der Waals surface area (Å²) in [5, 5.41) is 13.6. The number of esters is 1. The van der Waals surface area contributed by atoms with E-state index in [1.54, 1.807) is 6.92 Å². The Hall–Kier alpha value is -3.94. The average Bonchev–Trinajstić information content (AvgIpc) is 3.11. The van der Waals surface area contributed by atoms with Gasteiger partial charge in [-0.2, -0.15) is 5.10 Å². The summed E-state index contributed by atoms with van der Waals surface area (Å²) in [6, 6.07) is 10.9. The third kappa shape index (κ3) is 4.32. The minimum Gasteiger partial charge on any atom is -0.508 e. The maximum absolute atomic E-state index is 13.1. The average molecular weight is 422 g/mol. The molecule has 1 aromatic heterocycles. The van der Waals surface area contributed by atoms with Crippen LogP contribution in [0.2, 0.25) is 0 Å². The zero-order chi connectivity index (χ0) is 22.0. The lowest BCUT2D eigenvalue weighted by molar-refractivity contribution is 0.0698. The predicted octanol–water partition coefficient (Wildman–Crippen LogP) is 4.12. The quantitative estimate of drug-likeness (QED) is 0.374. The maximum Gasteiger partial charge on any atom is 0.379 e. The van der Waals surface area contributed by atoms with Gasteiger partial charge in [-0.15, -0.1) is 0 Å². The first-order valence-electron chi connectivity index (χ1n) is 9.68. The molecule has 0 fully saturated rings. The van der Waals surface area contributed by atoms with Crippen molar-refractivity contribution in [3.63, 3.8) is 0 Å². The van der Waals surface area contributed by atoms with E-state index in [2.05, 4.69) is 10.5 Å². The highest BCUT2D eigenvalue weighted by Crippen LogP contribution is 2.30. The molecule has 1 heterocycles. The van der Waals surface area contributed by atoms with E-state index in [4.69, 9.17) is 9.15 Å². The number of halogens is 1. The lowest BCUT2D eigenvalue weighted by Crippen LogP contribution is -2.22. The van der Waals surface area contributed by atoms with Crippen LogP contribution in [0.5, 0.6) is 11.5 Å². The van der Waals surface area contributed by atoms with Gasteiger partial charge in [0, 0.05) is 23.1 Å². The van der Waals surface area contributed by atoms with Crippen LogP contribution in [0.4, 0.5) is 4.39 Å². The van der Waals surface area contributed by atoms with E-state index in [9.17, 15) is 19.1 Å². The molecule has 4 rings (SSSR count). The van der Waals surface area contributed by atoms with Crippen LogP contribution in [0.1, 0.15) is 50.6 Å². The summed E-state index contributed by atoms with van der Waals surface area (Å²) in [5.41, 5.74) is 4.73. The Morgan fingerprint density at radius 1 is 1.10 bits per heavy atom. The zero-order valence-electron chi connectivity index (χ0n) is 16.6. The summed E-state index contributed by atoms with van der Waals surface area (Å²) in [6.45, 7) is 1.73. The smallest absolute Gasteiger partial charge is 0.379 e. The van der Waals surface area contributed by atoms with Crippen molar-refractivity contribution in [2.45, 2.75) is 26.2 Å². The van der Waals surface area contributed by atoms with Crippen molar-refractivity contribution in [2.75, 3.05) is 0 Å². The number of ether oxygens (including phenoxy) is 1. The third-order valence-corrected chi connectivity index (χ3v) is 4.96. The summed E-state index contributed by atoms with van der Waals surface area (Å²) >= 11 is 0. The molecule has 0 unspecified atom stereocenters. The molecule has 0 radical (unpaired) electrons. The lowest BCUT2D eigenvalue weighted by Gasteiger charge is -2.13. The fourth-order valence-electron chi connectivity index (χ4n) is 3.43. The molecule has 31 heavy (non-hydrogen) atoms. The number of phenols is 1. The van der Waals surface area contributed by atoms with E-state index in [0.29, 0.717) is 41.0 Å². The highest BCUT2D eigenvalue weighted by atomic mass is 19.1. The van der Waals surface area contributed by atoms with Gasteiger partial charge in [0.2, 0.25) is 5.76 Å². The molecule has 2 aromatic carbocycles. The van der Waals surface area contributed by atoms with Crippen molar-refractivity contribution in [1.82, 2.24) is 5.43 Å². The number of aromatic hydroxyl groups is 1. The molecule has 0 saturated heterocycles. The molecular formula is C23H19FN2O5. The van der Waals surface area contributed by atoms with Crippen molar-refractivity contribution in [3.05, 3.63) is 82.6 Å².